The molecule has 0 fully saturated rings. The van der Waals surface area contributed by atoms with Crippen LogP contribution in [-0.2, 0) is 18.4 Å². The number of nitrogens with one attached hydrogen (secondary N) is 1. The molecule has 3 aromatic carbocycles. The van der Waals surface area contributed by atoms with E-state index < -0.39 is 0 Å². The predicted molar refractivity (Wildman–Crippen MR) is 147 cm³/mol. The fraction of sp³-hybridized carbons (Fsp3) is 0.250. The van der Waals surface area contributed by atoms with Gasteiger partial charge in [-0.1, -0.05) is 62.7 Å². The highest BCUT2D eigenvalue weighted by molar-refractivity contribution is 6.04. The van der Waals surface area contributed by atoms with Gasteiger partial charge < -0.3 is 14.6 Å². The molecule has 0 radical (unpaired) electrons. The van der Waals surface area contributed by atoms with E-state index >= 15 is 0 Å². The second kappa shape index (κ2) is 9.74. The zero-order valence-corrected chi connectivity index (χ0v) is 21.8. The molecule has 0 unspecified atom stereocenters. The molecule has 2 heterocycles. The van der Waals surface area contributed by atoms with Gasteiger partial charge in [0, 0.05) is 47.5 Å². The van der Waals surface area contributed by atoms with E-state index in [0.717, 1.165) is 28.2 Å². The smallest absolute Gasteiger partial charge is 0.255 e. The quantitative estimate of drug-likeness (QED) is 0.333. The summed E-state index contributed by atoms with van der Waals surface area (Å²) in [6, 6.07) is 25.1. The Balaban J connectivity index is 1.29. The highest BCUT2D eigenvalue weighted by Crippen LogP contribution is 2.31. The Morgan fingerprint density at radius 1 is 0.892 bits per heavy atom. The van der Waals surface area contributed by atoms with Crippen molar-refractivity contribution in [3.63, 3.8) is 0 Å². The fourth-order valence-electron chi connectivity index (χ4n) is 4.60. The molecule has 0 bridgehead atoms. The van der Waals surface area contributed by atoms with E-state index in [1.54, 1.807) is 0 Å². The summed E-state index contributed by atoms with van der Waals surface area (Å²) in [4.78, 5) is 27.7. The van der Waals surface area contributed by atoms with Crippen molar-refractivity contribution < 1.29 is 14.0 Å². The summed E-state index contributed by atoms with van der Waals surface area (Å²) in [6.45, 7) is 9.61. The number of aryl methyl sites for hydroxylation is 1. The van der Waals surface area contributed by atoms with Crippen molar-refractivity contribution in [3.8, 4) is 11.3 Å². The topological polar surface area (TPSA) is 62.6 Å². The van der Waals surface area contributed by atoms with E-state index in [2.05, 4.69) is 26.1 Å². The molecule has 188 valence electrons. The molecule has 0 aliphatic carbocycles. The third-order valence-corrected chi connectivity index (χ3v) is 6.87. The number of nitrogens with zero attached hydrogens (tertiary/aromatic N) is 1. The second-order valence-corrected chi connectivity index (χ2v) is 10.8. The number of carbonyl (C=O) groups excluding carboxylic acids is 2. The van der Waals surface area contributed by atoms with Crippen LogP contribution in [0.5, 0.6) is 0 Å². The van der Waals surface area contributed by atoms with Gasteiger partial charge in [-0.3, -0.25) is 9.59 Å². The van der Waals surface area contributed by atoms with Crippen molar-refractivity contribution >= 4 is 17.5 Å². The average Bonchev–Trinajstić information content (AvgIpc) is 3.32. The summed E-state index contributed by atoms with van der Waals surface area (Å²) in [5.74, 6) is 1.53. The first-order chi connectivity index (χ1) is 17.7. The lowest BCUT2D eigenvalue weighted by Gasteiger charge is -2.26. The Hall–Kier alpha value is -4.12. The molecule has 37 heavy (non-hydrogen) atoms. The summed E-state index contributed by atoms with van der Waals surface area (Å²) in [6.07, 6.45) is 0.675. The van der Waals surface area contributed by atoms with Crippen LogP contribution in [0.4, 0.5) is 5.69 Å². The maximum atomic E-state index is 13.0. The molecule has 1 aliphatic heterocycles. The zero-order chi connectivity index (χ0) is 26.2. The first-order valence-electron chi connectivity index (χ1n) is 12.7. The summed E-state index contributed by atoms with van der Waals surface area (Å²) >= 11 is 0. The van der Waals surface area contributed by atoms with Crippen molar-refractivity contribution in [2.75, 3.05) is 11.9 Å². The SMILES string of the molecule is Cc1ccc(C(=O)N2CCc3oc(-c4cccc(NC(=O)c5ccc(C(C)(C)C)cc5)c4)cc3C2)cc1. The van der Waals surface area contributed by atoms with Gasteiger partial charge in [-0.25, -0.2) is 0 Å². The molecule has 0 saturated heterocycles. The number of hydrogen-bond donors (Lipinski definition) is 1. The van der Waals surface area contributed by atoms with Crippen molar-refractivity contribution in [2.24, 2.45) is 0 Å². The number of furan rings is 1. The van der Waals surface area contributed by atoms with Gasteiger partial charge in [-0.2, -0.15) is 0 Å². The number of anilines is 1. The summed E-state index contributed by atoms with van der Waals surface area (Å²) in [5, 5.41) is 3.00. The molecule has 1 aromatic heterocycles. The van der Waals surface area contributed by atoms with Crippen LogP contribution in [0.2, 0.25) is 0 Å². The fourth-order valence-corrected chi connectivity index (χ4v) is 4.60. The Kier molecular flexibility index (Phi) is 6.46. The van der Waals surface area contributed by atoms with Gasteiger partial charge in [0.05, 0.1) is 0 Å². The van der Waals surface area contributed by atoms with Crippen LogP contribution in [0.15, 0.2) is 83.3 Å². The van der Waals surface area contributed by atoms with Crippen molar-refractivity contribution in [1.29, 1.82) is 0 Å². The van der Waals surface area contributed by atoms with E-state index in [4.69, 9.17) is 4.42 Å². The van der Waals surface area contributed by atoms with Crippen molar-refractivity contribution in [3.05, 3.63) is 112 Å². The number of amides is 2. The first-order valence-corrected chi connectivity index (χ1v) is 12.7. The minimum Gasteiger partial charge on any atom is -0.461 e. The molecule has 5 heteroatoms. The standard InChI is InChI=1S/C32H32N2O3/c1-21-8-10-23(11-9-21)31(36)34-17-16-28-25(20-34)19-29(37-28)24-6-5-7-27(18-24)33-30(35)22-12-14-26(15-13-22)32(2,3)4/h5-15,18-19H,16-17,20H2,1-4H3,(H,33,35). The molecular formula is C32H32N2O3. The minimum absolute atomic E-state index is 0.0358. The largest absolute Gasteiger partial charge is 0.461 e. The monoisotopic (exact) mass is 492 g/mol. The molecule has 5 rings (SSSR count). The number of carbonyl (C=O) groups is 2. The summed E-state index contributed by atoms with van der Waals surface area (Å²) < 4.78 is 6.18. The number of benzene rings is 3. The van der Waals surface area contributed by atoms with Gasteiger partial charge in [0.2, 0.25) is 0 Å². The van der Waals surface area contributed by atoms with Crippen LogP contribution >= 0.6 is 0 Å². The van der Waals surface area contributed by atoms with Crippen LogP contribution in [0.25, 0.3) is 11.3 Å². The maximum absolute atomic E-state index is 13.0. The molecular weight excluding hydrogens is 460 g/mol. The molecule has 1 N–H and O–H groups in total. The lowest BCUT2D eigenvalue weighted by atomic mass is 9.87. The number of fused-ring (bicyclic) bond motifs is 1. The molecule has 2 amide bonds. The first kappa shape index (κ1) is 24.6. The van der Waals surface area contributed by atoms with Crippen LogP contribution < -0.4 is 5.32 Å². The van der Waals surface area contributed by atoms with Crippen LogP contribution in [0.1, 0.15) is 63.9 Å². The van der Waals surface area contributed by atoms with E-state index in [-0.39, 0.29) is 17.2 Å². The Labute approximate surface area is 218 Å². The van der Waals surface area contributed by atoms with E-state index in [1.165, 1.54) is 5.56 Å². The maximum Gasteiger partial charge on any atom is 0.255 e. The molecule has 0 saturated carbocycles. The van der Waals surface area contributed by atoms with Gasteiger partial charge in [-0.05, 0) is 60.4 Å². The lowest BCUT2D eigenvalue weighted by molar-refractivity contribution is 0.0730. The van der Waals surface area contributed by atoms with Crippen LogP contribution in [0.3, 0.4) is 0 Å². The third-order valence-electron chi connectivity index (χ3n) is 6.87. The molecule has 0 spiro atoms. The minimum atomic E-state index is -0.151. The molecule has 4 aromatic rings. The van der Waals surface area contributed by atoms with Crippen LogP contribution in [0, 0.1) is 6.92 Å². The Morgan fingerprint density at radius 3 is 2.30 bits per heavy atom. The predicted octanol–water partition coefficient (Wildman–Crippen LogP) is 7.00. The average molecular weight is 493 g/mol. The van der Waals surface area contributed by atoms with E-state index in [9.17, 15) is 9.59 Å². The number of rotatable bonds is 4. The van der Waals surface area contributed by atoms with Crippen molar-refractivity contribution in [1.82, 2.24) is 4.90 Å². The van der Waals surface area contributed by atoms with Gasteiger partial charge in [0.1, 0.15) is 11.5 Å². The van der Waals surface area contributed by atoms with Gasteiger partial charge in [-0.15, -0.1) is 0 Å². The van der Waals surface area contributed by atoms with E-state index in [1.807, 2.05) is 90.7 Å². The van der Waals surface area contributed by atoms with Gasteiger partial charge >= 0.3 is 0 Å². The van der Waals surface area contributed by atoms with E-state index in [0.29, 0.717) is 36.3 Å². The van der Waals surface area contributed by atoms with Crippen molar-refractivity contribution in [2.45, 2.75) is 46.1 Å². The summed E-state index contributed by atoms with van der Waals surface area (Å²) in [5.41, 5.74) is 6.28. The Morgan fingerprint density at radius 2 is 1.59 bits per heavy atom. The van der Waals surface area contributed by atoms with Crippen LogP contribution in [-0.4, -0.2) is 23.3 Å². The lowest BCUT2D eigenvalue weighted by Crippen LogP contribution is -2.35. The summed E-state index contributed by atoms with van der Waals surface area (Å²) in [7, 11) is 0. The third kappa shape index (κ3) is 5.36. The molecule has 1 aliphatic rings. The second-order valence-electron chi connectivity index (χ2n) is 10.8. The van der Waals surface area contributed by atoms with Gasteiger partial charge in [0.25, 0.3) is 11.8 Å². The highest BCUT2D eigenvalue weighted by Gasteiger charge is 2.25. The Bertz CT molecular complexity index is 1440. The molecule has 5 nitrogen and oxygen atoms in total. The highest BCUT2D eigenvalue weighted by atomic mass is 16.3. The molecule has 0 atom stereocenters. The number of hydrogen-bond acceptors (Lipinski definition) is 3. The normalized spacial score (nSPS) is 13.2. The zero-order valence-electron chi connectivity index (χ0n) is 21.8. The van der Waals surface area contributed by atoms with Gasteiger partial charge in [0.15, 0.2) is 0 Å².